The fourth-order valence-electron chi connectivity index (χ4n) is 3.87. The quantitative estimate of drug-likeness (QED) is 0.526. The maximum Gasteiger partial charge on any atom is 0.258 e. The third-order valence-corrected chi connectivity index (χ3v) is 5.42. The van der Waals surface area contributed by atoms with Crippen LogP contribution in [0.5, 0.6) is 11.5 Å². The van der Waals surface area contributed by atoms with E-state index in [-0.39, 0.29) is 11.6 Å². The van der Waals surface area contributed by atoms with Gasteiger partial charge in [0.25, 0.3) is 5.56 Å². The van der Waals surface area contributed by atoms with Crippen LogP contribution in [0, 0.1) is 0 Å². The predicted octanol–water partition coefficient (Wildman–Crippen LogP) is 4.69. The summed E-state index contributed by atoms with van der Waals surface area (Å²) in [6.45, 7) is 5.91. The molecule has 2 aromatic carbocycles. The second-order valence-electron chi connectivity index (χ2n) is 7.40. The predicted molar refractivity (Wildman–Crippen MR) is 120 cm³/mol. The number of methoxy groups -OCH3 is 2. The fourth-order valence-corrected chi connectivity index (χ4v) is 3.87. The first-order valence-corrected chi connectivity index (χ1v) is 10.5. The number of H-pyrrole nitrogens is 1. The summed E-state index contributed by atoms with van der Waals surface area (Å²) < 4.78 is 10.7. The Hall–Kier alpha value is -2.86. The van der Waals surface area contributed by atoms with Gasteiger partial charge in [0.05, 0.1) is 31.7 Å². The number of fused-ring (bicyclic) bond motifs is 1. The third-order valence-electron chi connectivity index (χ3n) is 5.42. The van der Waals surface area contributed by atoms with Gasteiger partial charge in [-0.25, -0.2) is 4.98 Å². The van der Waals surface area contributed by atoms with E-state index in [0.717, 1.165) is 25.8 Å². The molecule has 1 heterocycles. The zero-order valence-electron chi connectivity index (χ0n) is 18.3. The molecule has 6 heteroatoms. The molecule has 1 aromatic heterocycles. The molecule has 0 unspecified atom stereocenters. The van der Waals surface area contributed by atoms with Crippen LogP contribution in [0.4, 0.5) is 0 Å². The van der Waals surface area contributed by atoms with Crippen LogP contribution in [0.1, 0.15) is 50.5 Å². The standard InChI is InChI=1S/C24H31N3O3/c1-5-7-13-27(20(6-2)17-11-9-8-10-12-17)16-23-25-19-15-22(30-4)21(29-3)14-18(19)24(28)26-23/h8-12,14-15,20H,5-7,13,16H2,1-4H3,(H,25,26,28)/t20-/m1/s1. The zero-order chi connectivity index (χ0) is 21.5. The Morgan fingerprint density at radius 3 is 2.40 bits per heavy atom. The number of nitrogens with zero attached hydrogens (tertiary/aromatic N) is 2. The second kappa shape index (κ2) is 10.3. The SMILES string of the molecule is CCCCN(Cc1nc2cc(OC)c(OC)cc2c(=O)[nH]1)[C@H](CC)c1ccccc1. The number of hydrogen-bond donors (Lipinski definition) is 1. The van der Waals surface area contributed by atoms with Crippen molar-refractivity contribution in [2.75, 3.05) is 20.8 Å². The van der Waals surface area contributed by atoms with Gasteiger partial charge >= 0.3 is 0 Å². The van der Waals surface area contributed by atoms with Crippen LogP contribution in [0.2, 0.25) is 0 Å². The topological polar surface area (TPSA) is 67.5 Å². The summed E-state index contributed by atoms with van der Waals surface area (Å²) in [4.78, 5) is 22.9. The molecule has 0 amide bonds. The molecule has 160 valence electrons. The van der Waals surface area contributed by atoms with Gasteiger partial charge in [-0.1, -0.05) is 50.6 Å². The second-order valence-corrected chi connectivity index (χ2v) is 7.40. The molecule has 6 nitrogen and oxygen atoms in total. The van der Waals surface area contributed by atoms with Gasteiger partial charge in [-0.3, -0.25) is 9.69 Å². The van der Waals surface area contributed by atoms with E-state index in [1.54, 1.807) is 26.4 Å². The Morgan fingerprint density at radius 1 is 1.07 bits per heavy atom. The largest absolute Gasteiger partial charge is 0.493 e. The van der Waals surface area contributed by atoms with Crippen molar-refractivity contribution in [1.29, 1.82) is 0 Å². The lowest BCUT2D eigenvalue weighted by Gasteiger charge is -2.31. The molecule has 0 saturated heterocycles. The summed E-state index contributed by atoms with van der Waals surface area (Å²) in [6, 6.07) is 14.2. The van der Waals surface area contributed by atoms with Crippen LogP contribution in [-0.4, -0.2) is 35.6 Å². The maximum atomic E-state index is 12.8. The highest BCUT2D eigenvalue weighted by Crippen LogP contribution is 2.30. The first-order chi connectivity index (χ1) is 14.6. The Kier molecular flexibility index (Phi) is 7.46. The van der Waals surface area contributed by atoms with Gasteiger partial charge in [0, 0.05) is 12.1 Å². The average molecular weight is 410 g/mol. The lowest BCUT2D eigenvalue weighted by Crippen LogP contribution is -2.31. The highest BCUT2D eigenvalue weighted by atomic mass is 16.5. The first kappa shape index (κ1) is 21.8. The van der Waals surface area contributed by atoms with Crippen molar-refractivity contribution >= 4 is 10.9 Å². The molecule has 0 bridgehead atoms. The highest BCUT2D eigenvalue weighted by molar-refractivity contribution is 5.81. The number of nitrogens with one attached hydrogen (secondary N) is 1. The Morgan fingerprint density at radius 2 is 1.77 bits per heavy atom. The number of aromatic amines is 1. The van der Waals surface area contributed by atoms with Crippen LogP contribution in [0.25, 0.3) is 10.9 Å². The Labute approximate surface area is 177 Å². The molecule has 1 N–H and O–H groups in total. The molecule has 0 aliphatic rings. The lowest BCUT2D eigenvalue weighted by atomic mass is 10.0. The third kappa shape index (κ3) is 4.82. The number of aromatic nitrogens is 2. The molecule has 1 atom stereocenters. The van der Waals surface area contributed by atoms with Crippen molar-refractivity contribution in [3.8, 4) is 11.5 Å². The van der Waals surface area contributed by atoms with Crippen molar-refractivity contribution in [3.63, 3.8) is 0 Å². The van der Waals surface area contributed by atoms with Gasteiger partial charge in [-0.05, 0) is 31.0 Å². The van der Waals surface area contributed by atoms with E-state index in [0.29, 0.717) is 34.8 Å². The van der Waals surface area contributed by atoms with E-state index in [9.17, 15) is 4.79 Å². The first-order valence-electron chi connectivity index (χ1n) is 10.5. The summed E-state index contributed by atoms with van der Waals surface area (Å²) >= 11 is 0. The lowest BCUT2D eigenvalue weighted by molar-refractivity contribution is 0.175. The zero-order valence-corrected chi connectivity index (χ0v) is 18.3. The summed E-state index contributed by atoms with van der Waals surface area (Å²) in [5.74, 6) is 1.74. The molecule has 0 spiro atoms. The van der Waals surface area contributed by atoms with Gasteiger partial charge in [0.2, 0.25) is 0 Å². The highest BCUT2D eigenvalue weighted by Gasteiger charge is 2.20. The summed E-state index contributed by atoms with van der Waals surface area (Å²) in [6.07, 6.45) is 3.18. The number of hydrogen-bond acceptors (Lipinski definition) is 5. The minimum absolute atomic E-state index is 0.167. The molecule has 0 aliphatic carbocycles. The van der Waals surface area contributed by atoms with Crippen LogP contribution in [0.15, 0.2) is 47.3 Å². The van der Waals surface area contributed by atoms with Crippen molar-refractivity contribution in [2.45, 2.75) is 45.7 Å². The van der Waals surface area contributed by atoms with Gasteiger partial charge in [0.15, 0.2) is 11.5 Å². The van der Waals surface area contributed by atoms with E-state index in [1.165, 1.54) is 5.56 Å². The van der Waals surface area contributed by atoms with Crippen LogP contribution in [-0.2, 0) is 6.54 Å². The normalized spacial score (nSPS) is 12.3. The summed E-state index contributed by atoms with van der Waals surface area (Å²) in [7, 11) is 3.13. The average Bonchev–Trinajstić information content (AvgIpc) is 2.77. The van der Waals surface area contributed by atoms with Crippen molar-refractivity contribution in [2.24, 2.45) is 0 Å². The van der Waals surface area contributed by atoms with E-state index < -0.39 is 0 Å². The van der Waals surface area contributed by atoms with Crippen molar-refractivity contribution in [3.05, 3.63) is 64.2 Å². The molecular formula is C24H31N3O3. The monoisotopic (exact) mass is 409 g/mol. The van der Waals surface area contributed by atoms with Gasteiger partial charge in [0.1, 0.15) is 5.82 Å². The van der Waals surface area contributed by atoms with Crippen LogP contribution < -0.4 is 15.0 Å². The number of ether oxygens (including phenoxy) is 2. The fraction of sp³-hybridized carbons (Fsp3) is 0.417. The number of rotatable bonds is 10. The molecule has 3 rings (SSSR count). The van der Waals surface area contributed by atoms with Crippen molar-refractivity contribution < 1.29 is 9.47 Å². The van der Waals surface area contributed by atoms with E-state index in [2.05, 4.69) is 48.0 Å². The Bertz CT molecular complexity index is 1020. The van der Waals surface area contributed by atoms with Crippen molar-refractivity contribution in [1.82, 2.24) is 14.9 Å². The maximum absolute atomic E-state index is 12.8. The molecule has 3 aromatic rings. The van der Waals surface area contributed by atoms with Gasteiger partial charge < -0.3 is 14.5 Å². The van der Waals surface area contributed by atoms with E-state index in [4.69, 9.17) is 14.5 Å². The summed E-state index contributed by atoms with van der Waals surface area (Å²) in [5.41, 5.74) is 1.72. The van der Waals surface area contributed by atoms with Crippen LogP contribution >= 0.6 is 0 Å². The molecule has 0 saturated carbocycles. The molecule has 0 radical (unpaired) electrons. The molecule has 0 aliphatic heterocycles. The molecular weight excluding hydrogens is 378 g/mol. The van der Waals surface area contributed by atoms with E-state index in [1.807, 2.05) is 6.07 Å². The summed E-state index contributed by atoms with van der Waals surface area (Å²) in [5, 5.41) is 0.492. The molecule has 30 heavy (non-hydrogen) atoms. The smallest absolute Gasteiger partial charge is 0.258 e. The van der Waals surface area contributed by atoms with Crippen LogP contribution in [0.3, 0.4) is 0 Å². The molecule has 0 fully saturated rings. The minimum Gasteiger partial charge on any atom is -0.493 e. The van der Waals surface area contributed by atoms with Gasteiger partial charge in [-0.15, -0.1) is 0 Å². The minimum atomic E-state index is -0.167. The number of benzene rings is 2. The van der Waals surface area contributed by atoms with Gasteiger partial charge in [-0.2, -0.15) is 0 Å². The number of unbranched alkanes of at least 4 members (excludes halogenated alkanes) is 1. The Balaban J connectivity index is 1.98. The van der Waals surface area contributed by atoms with E-state index >= 15 is 0 Å².